The molecule has 1 aliphatic heterocycles. The Morgan fingerprint density at radius 1 is 1.42 bits per heavy atom. The number of nitrogens with zero attached hydrogens (tertiary/aromatic N) is 2. The zero-order chi connectivity index (χ0) is 13.1. The number of pyridine rings is 1. The van der Waals surface area contributed by atoms with Gasteiger partial charge in [-0.05, 0) is 12.1 Å². The van der Waals surface area contributed by atoms with Crippen molar-refractivity contribution < 1.29 is 9.21 Å². The summed E-state index contributed by atoms with van der Waals surface area (Å²) in [7, 11) is 0. The van der Waals surface area contributed by atoms with Gasteiger partial charge < -0.3 is 20.0 Å². The molecule has 0 aliphatic carbocycles. The van der Waals surface area contributed by atoms with Gasteiger partial charge in [-0.25, -0.2) is 4.98 Å². The van der Waals surface area contributed by atoms with E-state index in [9.17, 15) is 4.79 Å². The van der Waals surface area contributed by atoms with Crippen LogP contribution in [0.5, 0.6) is 0 Å². The van der Waals surface area contributed by atoms with E-state index in [4.69, 9.17) is 4.42 Å². The van der Waals surface area contributed by atoms with Crippen molar-refractivity contribution in [2.45, 2.75) is 0 Å². The fourth-order valence-corrected chi connectivity index (χ4v) is 2.22. The highest BCUT2D eigenvalue weighted by molar-refractivity contribution is 5.90. The first-order valence-corrected chi connectivity index (χ1v) is 6.39. The van der Waals surface area contributed by atoms with Gasteiger partial charge in [-0.2, -0.15) is 0 Å². The van der Waals surface area contributed by atoms with E-state index in [0.717, 1.165) is 37.1 Å². The molecule has 0 unspecified atom stereocenters. The van der Waals surface area contributed by atoms with Gasteiger partial charge in [-0.3, -0.25) is 4.79 Å². The van der Waals surface area contributed by atoms with E-state index in [-0.39, 0.29) is 12.5 Å². The minimum absolute atomic E-state index is 0.101. The molecule has 100 valence electrons. The van der Waals surface area contributed by atoms with Gasteiger partial charge >= 0.3 is 0 Å². The molecule has 1 amide bonds. The lowest BCUT2D eigenvalue weighted by molar-refractivity contribution is -0.129. The smallest absolute Gasteiger partial charge is 0.242 e. The number of hydrogen-bond acceptors (Lipinski definition) is 5. The van der Waals surface area contributed by atoms with Crippen LogP contribution in [0.15, 0.2) is 29.0 Å². The molecule has 1 aliphatic rings. The second kappa shape index (κ2) is 5.27. The molecule has 1 saturated heterocycles. The van der Waals surface area contributed by atoms with Crippen LogP contribution in [0.2, 0.25) is 0 Å². The number of nitrogens with one attached hydrogen (secondary N) is 2. The molecule has 0 saturated carbocycles. The quantitative estimate of drug-likeness (QED) is 0.849. The predicted molar refractivity (Wildman–Crippen MR) is 71.9 cm³/mol. The topological polar surface area (TPSA) is 70.4 Å². The maximum absolute atomic E-state index is 12.0. The number of carbonyl (C=O) groups excluding carboxylic acids is 1. The highest BCUT2D eigenvalue weighted by atomic mass is 16.3. The molecule has 0 radical (unpaired) electrons. The largest absolute Gasteiger partial charge is 0.464 e. The molecule has 3 heterocycles. The Morgan fingerprint density at radius 2 is 2.26 bits per heavy atom. The third kappa shape index (κ3) is 2.53. The molecule has 0 bridgehead atoms. The summed E-state index contributed by atoms with van der Waals surface area (Å²) < 4.78 is 5.30. The van der Waals surface area contributed by atoms with Crippen LogP contribution in [0.3, 0.4) is 0 Å². The van der Waals surface area contributed by atoms with Crippen molar-refractivity contribution in [1.29, 1.82) is 0 Å². The van der Waals surface area contributed by atoms with E-state index < -0.39 is 0 Å². The average molecular weight is 260 g/mol. The number of anilines is 1. The summed E-state index contributed by atoms with van der Waals surface area (Å²) in [5.74, 6) is 0.790. The van der Waals surface area contributed by atoms with E-state index in [1.54, 1.807) is 18.5 Å². The summed E-state index contributed by atoms with van der Waals surface area (Å²) in [6, 6.07) is 3.65. The van der Waals surface area contributed by atoms with Crippen molar-refractivity contribution in [3.8, 4) is 0 Å². The fourth-order valence-electron chi connectivity index (χ4n) is 2.22. The van der Waals surface area contributed by atoms with Crippen molar-refractivity contribution in [2.75, 3.05) is 38.0 Å². The molecule has 6 nitrogen and oxygen atoms in total. The second-order valence-electron chi connectivity index (χ2n) is 4.48. The third-order valence-corrected chi connectivity index (χ3v) is 3.26. The minimum Gasteiger partial charge on any atom is -0.464 e. The predicted octanol–water partition coefficient (Wildman–Crippen LogP) is 0.671. The lowest BCUT2D eigenvalue weighted by Crippen LogP contribution is -2.48. The van der Waals surface area contributed by atoms with Crippen LogP contribution in [0.1, 0.15) is 0 Å². The Bertz CT molecular complexity index is 575. The third-order valence-electron chi connectivity index (χ3n) is 3.26. The SMILES string of the molecule is O=C(CNc1nccc2occc12)N1CCNCC1. The molecule has 6 heteroatoms. The van der Waals surface area contributed by atoms with Crippen LogP contribution in [-0.4, -0.2) is 48.5 Å². The van der Waals surface area contributed by atoms with Gasteiger partial charge in [-0.15, -0.1) is 0 Å². The summed E-state index contributed by atoms with van der Waals surface area (Å²) in [5, 5.41) is 7.21. The lowest BCUT2D eigenvalue weighted by atomic mass is 10.3. The summed E-state index contributed by atoms with van der Waals surface area (Å²) in [4.78, 5) is 18.1. The van der Waals surface area contributed by atoms with Crippen molar-refractivity contribution in [2.24, 2.45) is 0 Å². The Balaban J connectivity index is 1.65. The zero-order valence-corrected chi connectivity index (χ0v) is 10.6. The van der Waals surface area contributed by atoms with E-state index in [1.165, 1.54) is 0 Å². The Morgan fingerprint density at radius 3 is 3.11 bits per heavy atom. The number of hydrogen-bond donors (Lipinski definition) is 2. The number of fused-ring (bicyclic) bond motifs is 1. The van der Waals surface area contributed by atoms with E-state index in [0.29, 0.717) is 5.82 Å². The molecule has 0 atom stereocenters. The van der Waals surface area contributed by atoms with Gasteiger partial charge in [0.15, 0.2) is 0 Å². The molecule has 0 aromatic carbocycles. The van der Waals surface area contributed by atoms with Gasteiger partial charge in [0.05, 0.1) is 18.2 Å². The van der Waals surface area contributed by atoms with Crippen LogP contribution in [0, 0.1) is 0 Å². The monoisotopic (exact) mass is 260 g/mol. The van der Waals surface area contributed by atoms with Gasteiger partial charge in [0.1, 0.15) is 11.4 Å². The van der Waals surface area contributed by atoms with Gasteiger partial charge in [0.25, 0.3) is 0 Å². The van der Waals surface area contributed by atoms with Gasteiger partial charge in [0.2, 0.25) is 5.91 Å². The summed E-state index contributed by atoms with van der Waals surface area (Å²) >= 11 is 0. The first-order chi connectivity index (χ1) is 9.34. The first-order valence-electron chi connectivity index (χ1n) is 6.39. The van der Waals surface area contributed by atoms with Crippen LogP contribution in [0.25, 0.3) is 11.0 Å². The van der Waals surface area contributed by atoms with Crippen LogP contribution in [-0.2, 0) is 4.79 Å². The molecule has 2 aromatic rings. The molecule has 2 aromatic heterocycles. The molecule has 0 spiro atoms. The van der Waals surface area contributed by atoms with Gasteiger partial charge in [-0.1, -0.05) is 0 Å². The average Bonchev–Trinajstić information content (AvgIpc) is 2.94. The Kier molecular flexibility index (Phi) is 3.33. The summed E-state index contributed by atoms with van der Waals surface area (Å²) in [6.07, 6.45) is 3.29. The standard InChI is InChI=1S/C13H16N4O2/c18-12(17-6-4-14-5-7-17)9-16-13-10-2-8-19-11(10)1-3-15-13/h1-3,8,14H,4-7,9H2,(H,15,16). The maximum atomic E-state index is 12.0. The van der Waals surface area contributed by atoms with Crippen molar-refractivity contribution in [3.63, 3.8) is 0 Å². The van der Waals surface area contributed by atoms with Crippen LogP contribution < -0.4 is 10.6 Å². The van der Waals surface area contributed by atoms with Crippen molar-refractivity contribution in [3.05, 3.63) is 24.6 Å². The van der Waals surface area contributed by atoms with Crippen molar-refractivity contribution in [1.82, 2.24) is 15.2 Å². The molecular formula is C13H16N4O2. The second-order valence-corrected chi connectivity index (χ2v) is 4.48. The highest BCUT2D eigenvalue weighted by Gasteiger charge is 2.16. The first kappa shape index (κ1) is 12.0. The van der Waals surface area contributed by atoms with Crippen LogP contribution >= 0.6 is 0 Å². The van der Waals surface area contributed by atoms with E-state index in [2.05, 4.69) is 15.6 Å². The zero-order valence-electron chi connectivity index (χ0n) is 10.6. The number of carbonyl (C=O) groups is 1. The van der Waals surface area contributed by atoms with Crippen LogP contribution in [0.4, 0.5) is 5.82 Å². The Hall–Kier alpha value is -2.08. The fraction of sp³-hybridized carbons (Fsp3) is 0.385. The number of aromatic nitrogens is 1. The molecule has 19 heavy (non-hydrogen) atoms. The maximum Gasteiger partial charge on any atom is 0.242 e. The lowest BCUT2D eigenvalue weighted by Gasteiger charge is -2.27. The number of piperazine rings is 1. The normalized spacial score (nSPS) is 15.7. The Labute approximate surface area is 110 Å². The number of furan rings is 1. The summed E-state index contributed by atoms with van der Waals surface area (Å²) in [6.45, 7) is 3.52. The van der Waals surface area contributed by atoms with Crippen molar-refractivity contribution >= 4 is 22.7 Å². The highest BCUT2D eigenvalue weighted by Crippen LogP contribution is 2.21. The number of amides is 1. The minimum atomic E-state index is 0.101. The summed E-state index contributed by atoms with van der Waals surface area (Å²) in [5.41, 5.74) is 0.770. The van der Waals surface area contributed by atoms with Gasteiger partial charge in [0, 0.05) is 32.4 Å². The molecule has 3 rings (SSSR count). The van der Waals surface area contributed by atoms with E-state index in [1.807, 2.05) is 11.0 Å². The molecule has 2 N–H and O–H groups in total. The van der Waals surface area contributed by atoms with E-state index >= 15 is 0 Å². The molecule has 1 fully saturated rings. The number of rotatable bonds is 3. The molecular weight excluding hydrogens is 244 g/mol.